The number of carbonyl (C=O) groups is 2. The van der Waals surface area contributed by atoms with Crippen molar-refractivity contribution in [3.8, 4) is 11.3 Å². The smallest absolute Gasteiger partial charge is 0.383 e. The molecule has 1 aromatic carbocycles. The fourth-order valence-corrected chi connectivity index (χ4v) is 3.30. The Bertz CT molecular complexity index is 1210. The number of aromatic nitrogens is 4. The third kappa shape index (κ3) is 4.75. The lowest BCUT2D eigenvalue weighted by Crippen LogP contribution is -2.36. The van der Waals surface area contributed by atoms with Crippen molar-refractivity contribution in [2.75, 3.05) is 11.1 Å². The van der Waals surface area contributed by atoms with E-state index in [2.05, 4.69) is 20.6 Å². The van der Waals surface area contributed by atoms with E-state index in [9.17, 15) is 22.8 Å². The summed E-state index contributed by atoms with van der Waals surface area (Å²) in [6.45, 7) is 5.76. The number of nitrogens with two attached hydrogens (primary N) is 2. The van der Waals surface area contributed by atoms with Crippen LogP contribution in [0, 0.1) is 0 Å². The summed E-state index contributed by atoms with van der Waals surface area (Å²) in [5, 5.41) is 13.0. The molecule has 12 heteroatoms. The number of nitrogens with one attached hydrogen (secondary N) is 2. The number of nitrogens with zero attached hydrogens (tertiary/aromatic N) is 3. The molecule has 3 rings (SSSR count). The first kappa shape index (κ1) is 24.8. The average molecular weight is 477 g/mol. The average Bonchev–Trinajstić information content (AvgIpc) is 3.32. The zero-order valence-corrected chi connectivity index (χ0v) is 19.1. The Morgan fingerprint density at radius 1 is 1.18 bits per heavy atom. The largest absolute Gasteiger partial charge is 0.399 e. The molecule has 182 valence electrons. The van der Waals surface area contributed by atoms with Gasteiger partial charge in [0.05, 0.1) is 12.1 Å². The minimum atomic E-state index is -4.49. The lowest BCUT2D eigenvalue weighted by atomic mass is 9.89. The summed E-state index contributed by atoms with van der Waals surface area (Å²) in [5.41, 5.74) is 10.8. The third-order valence-electron chi connectivity index (χ3n) is 5.48. The number of aromatic amines is 1. The molecule has 0 saturated carbocycles. The maximum absolute atomic E-state index is 13.2. The molecule has 2 amide bonds. The maximum atomic E-state index is 13.2. The van der Waals surface area contributed by atoms with Crippen molar-refractivity contribution >= 4 is 23.5 Å². The van der Waals surface area contributed by atoms with E-state index in [1.807, 2.05) is 13.8 Å². The van der Waals surface area contributed by atoms with Crippen LogP contribution in [0.15, 0.2) is 30.3 Å². The standard InChI is InChI=1S/C22H26F3N7O2/c1-11(2)32-19(26)17(20(27)34)18(31-32)13-7-5-12(6-8-13)9-16(33)28-15-10-14(29-30-15)21(3,4)22(23,24)25/h5-8,10-11H,9,26H2,1-4H3,(H2,27,34)(H2,28,29,30,33). The first-order chi connectivity index (χ1) is 15.7. The SMILES string of the molecule is CC(C)n1nc(-c2ccc(CC(=O)Nc3cc(C(C)(C)C(F)(F)F)n[nH]3)cc2)c(C(N)=O)c1N. The van der Waals surface area contributed by atoms with Crippen LogP contribution in [0.4, 0.5) is 24.8 Å². The van der Waals surface area contributed by atoms with Crippen LogP contribution in [0.1, 0.15) is 55.4 Å². The molecular weight excluding hydrogens is 451 g/mol. The number of halogens is 3. The molecule has 0 bridgehead atoms. The van der Waals surface area contributed by atoms with Gasteiger partial charge in [-0.1, -0.05) is 24.3 Å². The lowest BCUT2D eigenvalue weighted by Gasteiger charge is -2.25. The Morgan fingerprint density at radius 3 is 2.32 bits per heavy atom. The highest BCUT2D eigenvalue weighted by Gasteiger charge is 2.50. The normalized spacial score (nSPS) is 12.2. The first-order valence-corrected chi connectivity index (χ1v) is 10.4. The number of anilines is 2. The summed E-state index contributed by atoms with van der Waals surface area (Å²) < 4.78 is 41.1. The molecule has 0 aliphatic carbocycles. The van der Waals surface area contributed by atoms with E-state index >= 15 is 0 Å². The molecule has 0 saturated heterocycles. The number of rotatable bonds is 7. The molecular formula is C22H26F3N7O2. The maximum Gasteiger partial charge on any atom is 0.399 e. The number of alkyl halides is 3. The molecule has 0 fully saturated rings. The van der Waals surface area contributed by atoms with Gasteiger partial charge in [-0.2, -0.15) is 23.4 Å². The molecule has 3 aromatic rings. The van der Waals surface area contributed by atoms with Gasteiger partial charge in [-0.05, 0) is 33.3 Å². The summed E-state index contributed by atoms with van der Waals surface area (Å²) >= 11 is 0. The van der Waals surface area contributed by atoms with Crippen LogP contribution in [-0.4, -0.2) is 38.0 Å². The van der Waals surface area contributed by atoms with E-state index in [1.165, 1.54) is 4.68 Å². The summed E-state index contributed by atoms with van der Waals surface area (Å²) in [6, 6.07) is 7.79. The number of hydrogen-bond acceptors (Lipinski definition) is 5. The number of nitrogen functional groups attached to an aromatic ring is 1. The van der Waals surface area contributed by atoms with E-state index in [4.69, 9.17) is 11.5 Å². The van der Waals surface area contributed by atoms with Crippen molar-refractivity contribution in [1.29, 1.82) is 0 Å². The molecule has 0 aliphatic heterocycles. The van der Waals surface area contributed by atoms with Crippen LogP contribution in [0.25, 0.3) is 11.3 Å². The summed E-state index contributed by atoms with van der Waals surface area (Å²) in [4.78, 5) is 24.3. The van der Waals surface area contributed by atoms with Crippen LogP contribution < -0.4 is 16.8 Å². The highest BCUT2D eigenvalue weighted by Crippen LogP contribution is 2.40. The van der Waals surface area contributed by atoms with Crippen LogP contribution in [0.3, 0.4) is 0 Å². The summed E-state index contributed by atoms with van der Waals surface area (Å²) in [5.74, 6) is -0.905. The second-order valence-corrected chi connectivity index (χ2v) is 8.72. The van der Waals surface area contributed by atoms with Gasteiger partial charge >= 0.3 is 6.18 Å². The van der Waals surface area contributed by atoms with Crippen LogP contribution >= 0.6 is 0 Å². The zero-order chi connectivity index (χ0) is 25.4. The molecule has 0 spiro atoms. The Morgan fingerprint density at radius 2 is 1.79 bits per heavy atom. The van der Waals surface area contributed by atoms with Gasteiger partial charge in [0.25, 0.3) is 5.91 Å². The highest BCUT2D eigenvalue weighted by molar-refractivity contribution is 6.03. The van der Waals surface area contributed by atoms with Gasteiger partial charge in [0.1, 0.15) is 28.3 Å². The van der Waals surface area contributed by atoms with E-state index < -0.39 is 23.4 Å². The van der Waals surface area contributed by atoms with Crippen LogP contribution in [0.2, 0.25) is 0 Å². The molecule has 0 unspecified atom stereocenters. The van der Waals surface area contributed by atoms with E-state index in [0.717, 1.165) is 19.9 Å². The van der Waals surface area contributed by atoms with Crippen molar-refractivity contribution in [3.63, 3.8) is 0 Å². The monoisotopic (exact) mass is 477 g/mol. The lowest BCUT2D eigenvalue weighted by molar-refractivity contribution is -0.181. The van der Waals surface area contributed by atoms with Gasteiger partial charge in [0.15, 0.2) is 0 Å². The summed E-state index contributed by atoms with van der Waals surface area (Å²) in [7, 11) is 0. The number of hydrogen-bond donors (Lipinski definition) is 4. The van der Waals surface area contributed by atoms with Gasteiger partial charge < -0.3 is 16.8 Å². The fourth-order valence-electron chi connectivity index (χ4n) is 3.30. The predicted octanol–water partition coefficient (Wildman–Crippen LogP) is 3.56. The molecule has 0 atom stereocenters. The highest BCUT2D eigenvalue weighted by atomic mass is 19.4. The topological polar surface area (TPSA) is 145 Å². The molecule has 0 aliphatic rings. The van der Waals surface area contributed by atoms with Gasteiger partial charge in [0.2, 0.25) is 5.91 Å². The number of carbonyl (C=O) groups excluding carboxylic acids is 2. The van der Waals surface area contributed by atoms with Crippen LogP contribution in [-0.2, 0) is 16.6 Å². The first-order valence-electron chi connectivity index (χ1n) is 10.4. The molecule has 6 N–H and O–H groups in total. The number of amides is 2. The zero-order valence-electron chi connectivity index (χ0n) is 19.1. The number of primary amides is 1. The van der Waals surface area contributed by atoms with Crippen molar-refractivity contribution in [2.24, 2.45) is 5.73 Å². The number of H-pyrrole nitrogens is 1. The van der Waals surface area contributed by atoms with Crippen molar-refractivity contribution in [2.45, 2.75) is 51.7 Å². The summed E-state index contributed by atoms with van der Waals surface area (Å²) in [6.07, 6.45) is -4.53. The van der Waals surface area contributed by atoms with Crippen molar-refractivity contribution in [1.82, 2.24) is 20.0 Å². The quantitative estimate of drug-likeness (QED) is 0.411. The van der Waals surface area contributed by atoms with E-state index in [-0.39, 0.29) is 35.4 Å². The number of benzene rings is 1. The van der Waals surface area contributed by atoms with Gasteiger partial charge in [0, 0.05) is 17.7 Å². The second kappa shape index (κ2) is 8.84. The van der Waals surface area contributed by atoms with Gasteiger partial charge in [-0.3, -0.25) is 14.7 Å². The Kier molecular flexibility index (Phi) is 6.45. The predicted molar refractivity (Wildman–Crippen MR) is 121 cm³/mol. The van der Waals surface area contributed by atoms with E-state index in [0.29, 0.717) is 16.8 Å². The van der Waals surface area contributed by atoms with Crippen LogP contribution in [0.5, 0.6) is 0 Å². The Hall–Kier alpha value is -3.83. The third-order valence-corrected chi connectivity index (χ3v) is 5.48. The van der Waals surface area contributed by atoms with E-state index in [1.54, 1.807) is 24.3 Å². The Labute approximate surface area is 193 Å². The molecule has 9 nitrogen and oxygen atoms in total. The van der Waals surface area contributed by atoms with Crippen molar-refractivity contribution < 1.29 is 22.8 Å². The molecule has 2 heterocycles. The second-order valence-electron chi connectivity index (χ2n) is 8.72. The van der Waals surface area contributed by atoms with Crippen molar-refractivity contribution in [3.05, 3.63) is 47.2 Å². The minimum Gasteiger partial charge on any atom is -0.383 e. The van der Waals surface area contributed by atoms with Gasteiger partial charge in [-0.15, -0.1) is 0 Å². The fraction of sp³-hybridized carbons (Fsp3) is 0.364. The minimum absolute atomic E-state index is 0.0391. The molecule has 34 heavy (non-hydrogen) atoms. The Balaban J connectivity index is 1.74. The molecule has 0 radical (unpaired) electrons. The van der Waals surface area contributed by atoms with Gasteiger partial charge in [-0.25, -0.2) is 4.68 Å². The molecule has 2 aromatic heterocycles.